The molecule has 0 atom stereocenters. The number of benzene rings is 1. The first-order chi connectivity index (χ1) is 7.33. The van der Waals surface area contributed by atoms with E-state index >= 15 is 0 Å². The number of nitrogens with zero attached hydrogens (tertiary/aromatic N) is 2. The summed E-state index contributed by atoms with van der Waals surface area (Å²) in [6, 6.07) is 10.2. The molecule has 2 nitrogen and oxygen atoms in total. The molecule has 2 aromatic rings. The van der Waals surface area contributed by atoms with Crippen molar-refractivity contribution in [3.8, 4) is 5.69 Å². The molecule has 1 aromatic carbocycles. The van der Waals surface area contributed by atoms with Gasteiger partial charge in [0.05, 0.1) is 11.9 Å². The molecule has 0 N–H and O–H groups in total. The molecule has 1 radical (unpaired) electrons. The van der Waals surface area contributed by atoms with Crippen LogP contribution in [0.3, 0.4) is 0 Å². The summed E-state index contributed by atoms with van der Waals surface area (Å²) < 4.78 is 1.98. The fraction of sp³-hybridized carbons (Fsp3) is 0.231. The zero-order valence-electron chi connectivity index (χ0n) is 8.98. The number of hydrogen-bond acceptors (Lipinski definition) is 1. The molecule has 0 fully saturated rings. The van der Waals surface area contributed by atoms with E-state index in [0.29, 0.717) is 0 Å². The van der Waals surface area contributed by atoms with Gasteiger partial charge >= 0.3 is 0 Å². The van der Waals surface area contributed by atoms with Gasteiger partial charge in [-0.05, 0) is 31.0 Å². The smallest absolute Gasteiger partial charge is 0.0648 e. The van der Waals surface area contributed by atoms with Crippen molar-refractivity contribution >= 4 is 0 Å². The lowest BCUT2D eigenvalue weighted by Crippen LogP contribution is -2.02. The van der Waals surface area contributed by atoms with Crippen LogP contribution in [0.15, 0.2) is 36.5 Å². The Kier molecular flexibility index (Phi) is 2.86. The van der Waals surface area contributed by atoms with Crippen LogP contribution in [0.25, 0.3) is 5.69 Å². The van der Waals surface area contributed by atoms with Gasteiger partial charge in [-0.15, -0.1) is 0 Å². The molecule has 0 aliphatic carbocycles. The van der Waals surface area contributed by atoms with E-state index < -0.39 is 0 Å². The Bertz CT molecular complexity index is 429. The van der Waals surface area contributed by atoms with Gasteiger partial charge in [-0.25, -0.2) is 4.68 Å². The van der Waals surface area contributed by atoms with Crippen molar-refractivity contribution in [2.45, 2.75) is 19.8 Å². The highest BCUT2D eigenvalue weighted by Gasteiger charge is 2.07. The predicted octanol–water partition coefficient (Wildman–Crippen LogP) is 3.01. The molecule has 0 saturated heterocycles. The Morgan fingerprint density at radius 2 is 2.00 bits per heavy atom. The fourth-order valence-corrected chi connectivity index (χ4v) is 1.70. The Labute approximate surface area is 90.6 Å². The molecule has 15 heavy (non-hydrogen) atoms. The van der Waals surface area contributed by atoms with Gasteiger partial charge in [-0.2, -0.15) is 5.10 Å². The third kappa shape index (κ3) is 1.94. The number of rotatable bonds is 3. The lowest BCUT2D eigenvalue weighted by Gasteiger charge is -2.07. The first-order valence-electron chi connectivity index (χ1n) is 5.27. The summed E-state index contributed by atoms with van der Waals surface area (Å²) in [6.07, 6.45) is 3.97. The third-order valence-corrected chi connectivity index (χ3v) is 2.44. The Hall–Kier alpha value is -1.57. The molecule has 0 saturated carbocycles. The van der Waals surface area contributed by atoms with Crippen molar-refractivity contribution in [1.82, 2.24) is 9.78 Å². The molecular formula is C13H15N2. The summed E-state index contributed by atoms with van der Waals surface area (Å²) in [4.78, 5) is 0. The van der Waals surface area contributed by atoms with Gasteiger partial charge in [0.1, 0.15) is 0 Å². The van der Waals surface area contributed by atoms with Crippen LogP contribution >= 0.6 is 0 Å². The molecular weight excluding hydrogens is 184 g/mol. The standard InChI is InChI=1S/C13H15N2/c1-3-7-13-11(2)10-14-15(13)12-8-5-4-6-9-12/h4-6,8-10H,2-3,7H2,1H3. The minimum atomic E-state index is 1.02. The highest BCUT2D eigenvalue weighted by Crippen LogP contribution is 2.15. The summed E-state index contributed by atoms with van der Waals surface area (Å²) in [5.74, 6) is 0. The zero-order valence-corrected chi connectivity index (χ0v) is 8.98. The van der Waals surface area contributed by atoms with Crippen molar-refractivity contribution in [2.75, 3.05) is 0 Å². The molecule has 0 aliphatic heterocycles. The minimum absolute atomic E-state index is 1.02. The van der Waals surface area contributed by atoms with Crippen molar-refractivity contribution in [3.05, 3.63) is 54.7 Å². The summed E-state index contributed by atoms with van der Waals surface area (Å²) in [7, 11) is 0. The van der Waals surface area contributed by atoms with E-state index in [1.54, 1.807) is 0 Å². The van der Waals surface area contributed by atoms with Gasteiger partial charge in [-0.3, -0.25) is 0 Å². The maximum atomic E-state index is 4.36. The summed E-state index contributed by atoms with van der Waals surface area (Å²) in [6.45, 7) is 6.17. The number of para-hydroxylation sites is 1. The average Bonchev–Trinajstić information content (AvgIpc) is 2.63. The van der Waals surface area contributed by atoms with Crippen molar-refractivity contribution in [3.63, 3.8) is 0 Å². The normalized spacial score (nSPS) is 10.5. The maximum absolute atomic E-state index is 4.36. The molecule has 0 amide bonds. The Balaban J connectivity index is 2.44. The monoisotopic (exact) mass is 199 g/mol. The van der Waals surface area contributed by atoms with E-state index in [4.69, 9.17) is 0 Å². The van der Waals surface area contributed by atoms with Gasteiger partial charge in [0, 0.05) is 5.69 Å². The second kappa shape index (κ2) is 4.30. The van der Waals surface area contributed by atoms with Crippen LogP contribution < -0.4 is 0 Å². The zero-order chi connectivity index (χ0) is 10.7. The van der Waals surface area contributed by atoms with Crippen LogP contribution in [0, 0.1) is 6.92 Å². The predicted molar refractivity (Wildman–Crippen MR) is 62.0 cm³/mol. The summed E-state index contributed by atoms with van der Waals surface area (Å²) in [5.41, 5.74) is 3.35. The number of aromatic nitrogens is 2. The fourth-order valence-electron chi connectivity index (χ4n) is 1.70. The van der Waals surface area contributed by atoms with Gasteiger partial charge < -0.3 is 0 Å². The molecule has 77 valence electrons. The van der Waals surface area contributed by atoms with E-state index in [-0.39, 0.29) is 0 Å². The van der Waals surface area contributed by atoms with Crippen LogP contribution in [0.4, 0.5) is 0 Å². The Morgan fingerprint density at radius 1 is 1.27 bits per heavy atom. The molecule has 0 aliphatic rings. The topological polar surface area (TPSA) is 17.8 Å². The first-order valence-corrected chi connectivity index (χ1v) is 5.27. The molecule has 1 heterocycles. The Morgan fingerprint density at radius 3 is 2.67 bits per heavy atom. The van der Waals surface area contributed by atoms with Crippen LogP contribution in [-0.4, -0.2) is 9.78 Å². The lowest BCUT2D eigenvalue weighted by molar-refractivity contribution is 0.773. The minimum Gasteiger partial charge on any atom is -0.238 e. The maximum Gasteiger partial charge on any atom is 0.0648 e. The van der Waals surface area contributed by atoms with Crippen LogP contribution in [-0.2, 0) is 6.42 Å². The SMILES string of the molecule is [CH2]c1cnn(-c2ccccc2)c1CCC. The van der Waals surface area contributed by atoms with Gasteiger partial charge in [0.25, 0.3) is 0 Å². The van der Waals surface area contributed by atoms with Crippen LogP contribution in [0.1, 0.15) is 24.6 Å². The quantitative estimate of drug-likeness (QED) is 0.743. The van der Waals surface area contributed by atoms with E-state index in [9.17, 15) is 0 Å². The van der Waals surface area contributed by atoms with Crippen LogP contribution in [0.5, 0.6) is 0 Å². The molecule has 0 spiro atoms. The first kappa shape index (κ1) is 9.97. The van der Waals surface area contributed by atoms with Gasteiger partial charge in [-0.1, -0.05) is 31.5 Å². The number of hydrogen-bond donors (Lipinski definition) is 0. The van der Waals surface area contributed by atoms with E-state index in [0.717, 1.165) is 24.1 Å². The summed E-state index contributed by atoms with van der Waals surface area (Å²) in [5, 5.41) is 4.36. The largest absolute Gasteiger partial charge is 0.238 e. The van der Waals surface area contributed by atoms with Gasteiger partial charge in [0.2, 0.25) is 0 Å². The van der Waals surface area contributed by atoms with Crippen LogP contribution in [0.2, 0.25) is 0 Å². The lowest BCUT2D eigenvalue weighted by atomic mass is 10.2. The van der Waals surface area contributed by atoms with Gasteiger partial charge in [0.15, 0.2) is 0 Å². The second-order valence-corrected chi connectivity index (χ2v) is 3.61. The highest BCUT2D eigenvalue weighted by molar-refractivity contribution is 5.35. The van der Waals surface area contributed by atoms with Crippen molar-refractivity contribution in [1.29, 1.82) is 0 Å². The second-order valence-electron chi connectivity index (χ2n) is 3.61. The average molecular weight is 199 g/mol. The van der Waals surface area contributed by atoms with E-state index in [1.807, 2.05) is 29.1 Å². The van der Waals surface area contributed by atoms with Crippen molar-refractivity contribution in [2.24, 2.45) is 0 Å². The van der Waals surface area contributed by atoms with E-state index in [2.05, 4.69) is 31.1 Å². The molecule has 2 rings (SSSR count). The van der Waals surface area contributed by atoms with E-state index in [1.165, 1.54) is 5.69 Å². The molecule has 0 unspecified atom stereocenters. The van der Waals surface area contributed by atoms with Crippen molar-refractivity contribution < 1.29 is 0 Å². The third-order valence-electron chi connectivity index (χ3n) is 2.44. The molecule has 1 aromatic heterocycles. The highest BCUT2D eigenvalue weighted by atomic mass is 15.3. The molecule has 0 bridgehead atoms. The summed E-state index contributed by atoms with van der Waals surface area (Å²) >= 11 is 0. The molecule has 2 heteroatoms.